The van der Waals surface area contributed by atoms with Gasteiger partial charge in [0.25, 0.3) is 0 Å². The molecule has 0 aliphatic heterocycles. The SMILES string of the molecule is COc1cccc(-c2nc3c(C(C)=O)cccc3[nH]2)c1. The molecule has 1 heterocycles. The van der Waals surface area contributed by atoms with E-state index in [1.165, 1.54) is 0 Å². The molecule has 2 aromatic carbocycles. The normalized spacial score (nSPS) is 10.7. The predicted octanol–water partition coefficient (Wildman–Crippen LogP) is 3.44. The van der Waals surface area contributed by atoms with Crippen molar-refractivity contribution < 1.29 is 9.53 Å². The van der Waals surface area contributed by atoms with E-state index < -0.39 is 0 Å². The number of carbonyl (C=O) groups is 1. The van der Waals surface area contributed by atoms with Crippen molar-refractivity contribution in [2.75, 3.05) is 7.11 Å². The molecule has 0 aliphatic carbocycles. The number of para-hydroxylation sites is 1. The summed E-state index contributed by atoms with van der Waals surface area (Å²) in [5.41, 5.74) is 3.12. The van der Waals surface area contributed by atoms with E-state index in [4.69, 9.17) is 4.74 Å². The van der Waals surface area contributed by atoms with Crippen LogP contribution in [0.5, 0.6) is 5.75 Å². The monoisotopic (exact) mass is 266 g/mol. The van der Waals surface area contributed by atoms with Crippen LogP contribution in [-0.2, 0) is 0 Å². The second-order valence-electron chi connectivity index (χ2n) is 4.58. The summed E-state index contributed by atoms with van der Waals surface area (Å²) < 4.78 is 5.22. The fourth-order valence-electron chi connectivity index (χ4n) is 2.22. The van der Waals surface area contributed by atoms with Gasteiger partial charge in [0.2, 0.25) is 0 Å². The number of hydrogen-bond donors (Lipinski definition) is 1. The first kappa shape index (κ1) is 12.4. The van der Waals surface area contributed by atoms with Crippen molar-refractivity contribution >= 4 is 16.8 Å². The van der Waals surface area contributed by atoms with Crippen molar-refractivity contribution in [3.8, 4) is 17.1 Å². The Morgan fingerprint density at radius 3 is 2.75 bits per heavy atom. The van der Waals surface area contributed by atoms with E-state index in [0.717, 1.165) is 22.7 Å². The van der Waals surface area contributed by atoms with Crippen molar-refractivity contribution in [1.82, 2.24) is 9.97 Å². The lowest BCUT2D eigenvalue weighted by atomic mass is 10.1. The van der Waals surface area contributed by atoms with Crippen molar-refractivity contribution in [3.63, 3.8) is 0 Å². The summed E-state index contributed by atoms with van der Waals surface area (Å²) >= 11 is 0. The van der Waals surface area contributed by atoms with Gasteiger partial charge in [-0.05, 0) is 31.2 Å². The molecule has 3 aromatic rings. The zero-order valence-corrected chi connectivity index (χ0v) is 11.3. The van der Waals surface area contributed by atoms with Crippen LogP contribution in [0.2, 0.25) is 0 Å². The Bertz CT molecular complexity index is 790. The first-order valence-electron chi connectivity index (χ1n) is 6.33. The van der Waals surface area contributed by atoms with E-state index in [-0.39, 0.29) is 5.78 Å². The number of aromatic nitrogens is 2. The predicted molar refractivity (Wildman–Crippen MR) is 78.1 cm³/mol. The minimum Gasteiger partial charge on any atom is -0.497 e. The fraction of sp³-hybridized carbons (Fsp3) is 0.125. The average molecular weight is 266 g/mol. The molecule has 1 N–H and O–H groups in total. The highest BCUT2D eigenvalue weighted by atomic mass is 16.5. The number of nitrogens with one attached hydrogen (secondary N) is 1. The molecule has 4 nitrogen and oxygen atoms in total. The maximum atomic E-state index is 11.6. The van der Waals surface area contributed by atoms with E-state index in [9.17, 15) is 4.79 Å². The zero-order valence-electron chi connectivity index (χ0n) is 11.3. The summed E-state index contributed by atoms with van der Waals surface area (Å²) in [5, 5.41) is 0. The summed E-state index contributed by atoms with van der Waals surface area (Å²) in [6, 6.07) is 13.2. The molecule has 100 valence electrons. The van der Waals surface area contributed by atoms with Crippen LogP contribution in [0.3, 0.4) is 0 Å². The highest BCUT2D eigenvalue weighted by molar-refractivity contribution is 6.05. The third-order valence-corrected chi connectivity index (χ3v) is 3.24. The van der Waals surface area contributed by atoms with Gasteiger partial charge in [-0.2, -0.15) is 0 Å². The van der Waals surface area contributed by atoms with Gasteiger partial charge in [0.1, 0.15) is 11.6 Å². The number of imidazole rings is 1. The molecule has 0 spiro atoms. The highest BCUT2D eigenvalue weighted by Gasteiger charge is 2.11. The molecule has 4 heteroatoms. The Labute approximate surface area is 116 Å². The number of ether oxygens (including phenoxy) is 1. The maximum absolute atomic E-state index is 11.6. The number of aromatic amines is 1. The summed E-state index contributed by atoms with van der Waals surface area (Å²) in [7, 11) is 1.63. The molecular formula is C16H14N2O2. The van der Waals surface area contributed by atoms with Crippen LogP contribution in [-0.4, -0.2) is 22.9 Å². The van der Waals surface area contributed by atoms with Crippen LogP contribution >= 0.6 is 0 Å². The molecule has 0 aliphatic rings. The molecule has 0 fully saturated rings. The van der Waals surface area contributed by atoms with Crippen LogP contribution in [0.25, 0.3) is 22.4 Å². The lowest BCUT2D eigenvalue weighted by molar-refractivity contribution is 0.101. The number of hydrogen-bond acceptors (Lipinski definition) is 3. The first-order valence-corrected chi connectivity index (χ1v) is 6.33. The Balaban J connectivity index is 2.17. The molecule has 1 aromatic heterocycles. The number of fused-ring (bicyclic) bond motifs is 1. The summed E-state index contributed by atoms with van der Waals surface area (Å²) in [6.45, 7) is 1.55. The van der Waals surface area contributed by atoms with Crippen molar-refractivity contribution in [2.45, 2.75) is 6.92 Å². The van der Waals surface area contributed by atoms with Crippen LogP contribution in [0.1, 0.15) is 17.3 Å². The molecule has 0 amide bonds. The topological polar surface area (TPSA) is 55.0 Å². The van der Waals surface area contributed by atoms with Gasteiger partial charge >= 0.3 is 0 Å². The van der Waals surface area contributed by atoms with Crippen molar-refractivity contribution in [3.05, 3.63) is 48.0 Å². The number of H-pyrrole nitrogens is 1. The molecule has 0 bridgehead atoms. The van der Waals surface area contributed by atoms with Gasteiger partial charge in [-0.15, -0.1) is 0 Å². The average Bonchev–Trinajstić information content (AvgIpc) is 2.91. The zero-order chi connectivity index (χ0) is 14.1. The second kappa shape index (κ2) is 4.81. The Morgan fingerprint density at radius 2 is 2.00 bits per heavy atom. The Morgan fingerprint density at radius 1 is 1.20 bits per heavy atom. The van der Waals surface area contributed by atoms with E-state index in [1.807, 2.05) is 36.4 Å². The number of ketones is 1. The number of rotatable bonds is 3. The molecule has 0 unspecified atom stereocenters. The second-order valence-corrected chi connectivity index (χ2v) is 4.58. The van der Waals surface area contributed by atoms with E-state index >= 15 is 0 Å². The van der Waals surface area contributed by atoms with E-state index in [0.29, 0.717) is 11.1 Å². The number of nitrogens with zero attached hydrogens (tertiary/aromatic N) is 1. The summed E-state index contributed by atoms with van der Waals surface area (Å²) in [6.07, 6.45) is 0. The van der Waals surface area contributed by atoms with Gasteiger partial charge in [0, 0.05) is 11.1 Å². The first-order chi connectivity index (χ1) is 9.69. The minimum absolute atomic E-state index is 0.0132. The number of Topliss-reactive ketones (excluding diaryl/α,β-unsaturated/α-hetero) is 1. The standard InChI is InChI=1S/C16H14N2O2/c1-10(19)13-7-4-8-14-15(13)18-16(17-14)11-5-3-6-12(9-11)20-2/h3-9H,1-2H3,(H,17,18). The van der Waals surface area contributed by atoms with Crippen LogP contribution in [0, 0.1) is 0 Å². The number of carbonyl (C=O) groups excluding carboxylic acids is 1. The van der Waals surface area contributed by atoms with Gasteiger partial charge in [-0.1, -0.05) is 18.2 Å². The lowest BCUT2D eigenvalue weighted by Crippen LogP contribution is -1.92. The molecule has 0 radical (unpaired) electrons. The van der Waals surface area contributed by atoms with E-state index in [1.54, 1.807) is 20.1 Å². The molecule has 3 rings (SSSR count). The molecule has 0 saturated heterocycles. The minimum atomic E-state index is 0.0132. The van der Waals surface area contributed by atoms with Gasteiger partial charge in [0.05, 0.1) is 18.1 Å². The molecule has 0 atom stereocenters. The molecule has 0 saturated carbocycles. The third kappa shape index (κ3) is 2.05. The fourth-order valence-corrected chi connectivity index (χ4v) is 2.22. The summed E-state index contributed by atoms with van der Waals surface area (Å²) in [4.78, 5) is 19.4. The maximum Gasteiger partial charge on any atom is 0.162 e. The smallest absolute Gasteiger partial charge is 0.162 e. The van der Waals surface area contributed by atoms with Crippen LogP contribution in [0.15, 0.2) is 42.5 Å². The van der Waals surface area contributed by atoms with E-state index in [2.05, 4.69) is 9.97 Å². The third-order valence-electron chi connectivity index (χ3n) is 3.24. The van der Waals surface area contributed by atoms with Crippen molar-refractivity contribution in [1.29, 1.82) is 0 Å². The number of benzene rings is 2. The van der Waals surface area contributed by atoms with Gasteiger partial charge in [0.15, 0.2) is 5.78 Å². The van der Waals surface area contributed by atoms with Crippen LogP contribution in [0.4, 0.5) is 0 Å². The van der Waals surface area contributed by atoms with Gasteiger partial charge in [-0.25, -0.2) is 4.98 Å². The van der Waals surface area contributed by atoms with Crippen molar-refractivity contribution in [2.24, 2.45) is 0 Å². The quantitative estimate of drug-likeness (QED) is 0.739. The van der Waals surface area contributed by atoms with Gasteiger partial charge in [-0.3, -0.25) is 4.79 Å². The molecule has 20 heavy (non-hydrogen) atoms. The Kier molecular flexibility index (Phi) is 2.99. The lowest BCUT2D eigenvalue weighted by Gasteiger charge is -2.01. The number of methoxy groups -OCH3 is 1. The largest absolute Gasteiger partial charge is 0.497 e. The van der Waals surface area contributed by atoms with Gasteiger partial charge < -0.3 is 9.72 Å². The highest BCUT2D eigenvalue weighted by Crippen LogP contribution is 2.25. The Hall–Kier alpha value is -2.62. The molecular weight excluding hydrogens is 252 g/mol. The summed E-state index contributed by atoms with van der Waals surface area (Å²) in [5.74, 6) is 1.52. The van der Waals surface area contributed by atoms with Crippen LogP contribution < -0.4 is 4.74 Å².